The first-order valence-corrected chi connectivity index (χ1v) is 9.17. The van der Waals surface area contributed by atoms with Crippen molar-refractivity contribution in [2.24, 2.45) is 5.92 Å². The predicted molar refractivity (Wildman–Crippen MR) is 102 cm³/mol. The summed E-state index contributed by atoms with van der Waals surface area (Å²) >= 11 is 5.31. The lowest BCUT2D eigenvalue weighted by molar-refractivity contribution is -0.129. The number of nitrogens with zero attached hydrogens (tertiary/aromatic N) is 1. The Labute approximate surface area is 157 Å². The van der Waals surface area contributed by atoms with Crippen LogP contribution < -0.4 is 0 Å². The topological polar surface area (TPSA) is 46.6 Å². The molecule has 1 aliphatic heterocycles. The van der Waals surface area contributed by atoms with E-state index in [9.17, 15) is 9.59 Å². The third-order valence-electron chi connectivity index (χ3n) is 5.21. The number of rotatable bonds is 3. The number of amides is 1. The van der Waals surface area contributed by atoms with E-state index >= 15 is 0 Å². The molecule has 0 N–H and O–H groups in total. The number of carbonyl (C=O) groups is 2. The molecule has 3 atom stereocenters. The Morgan fingerprint density at radius 2 is 1.85 bits per heavy atom. The Morgan fingerprint density at radius 3 is 2.58 bits per heavy atom. The Kier molecular flexibility index (Phi) is 4.32. The van der Waals surface area contributed by atoms with Gasteiger partial charge in [0, 0.05) is 17.9 Å². The van der Waals surface area contributed by atoms with Crippen molar-refractivity contribution in [2.45, 2.75) is 31.9 Å². The molecule has 1 amide bonds. The van der Waals surface area contributed by atoms with Crippen LogP contribution in [0.5, 0.6) is 0 Å². The van der Waals surface area contributed by atoms with Crippen LogP contribution in [0.1, 0.15) is 40.9 Å². The van der Waals surface area contributed by atoms with Crippen molar-refractivity contribution < 1.29 is 14.3 Å². The van der Waals surface area contributed by atoms with E-state index in [4.69, 9.17) is 17.0 Å². The fourth-order valence-corrected chi connectivity index (χ4v) is 4.25. The Hall–Kier alpha value is -2.53. The summed E-state index contributed by atoms with van der Waals surface area (Å²) in [5, 5.41) is 0.194. The third kappa shape index (κ3) is 2.82. The molecule has 1 aliphatic carbocycles. The first-order valence-electron chi connectivity index (χ1n) is 8.76. The fourth-order valence-electron chi connectivity index (χ4n) is 3.87. The summed E-state index contributed by atoms with van der Waals surface area (Å²) in [7, 11) is 0. The minimum Gasteiger partial charge on any atom is -0.460 e. The highest BCUT2D eigenvalue weighted by atomic mass is 32.1. The molecule has 0 radical (unpaired) electrons. The zero-order valence-electron chi connectivity index (χ0n) is 14.4. The second-order valence-corrected chi connectivity index (χ2v) is 7.20. The maximum absolute atomic E-state index is 12.9. The molecule has 1 saturated heterocycles. The van der Waals surface area contributed by atoms with Crippen LogP contribution in [0, 0.1) is 5.92 Å². The number of carbonyl (C=O) groups excluding carboxylic acids is 2. The van der Waals surface area contributed by atoms with Crippen LogP contribution in [0.25, 0.3) is 0 Å². The summed E-state index contributed by atoms with van der Waals surface area (Å²) in [5.74, 6) is -0.412. The quantitative estimate of drug-likeness (QED) is 0.778. The van der Waals surface area contributed by atoms with Gasteiger partial charge in [-0.3, -0.25) is 14.5 Å². The molecule has 1 heterocycles. The van der Waals surface area contributed by atoms with Gasteiger partial charge in [-0.25, -0.2) is 0 Å². The van der Waals surface area contributed by atoms with E-state index in [2.05, 4.69) is 0 Å². The average molecular weight is 365 g/mol. The van der Waals surface area contributed by atoms with Gasteiger partial charge < -0.3 is 4.74 Å². The smallest absolute Gasteiger partial charge is 0.267 e. The second kappa shape index (κ2) is 6.65. The molecule has 2 aromatic carbocycles. The molecule has 0 bridgehead atoms. The minimum atomic E-state index is -0.314. The first kappa shape index (κ1) is 16.9. The normalized spacial score (nSPS) is 24.5. The SMILES string of the molecule is CC1C(c2ccccc2)OC(=S)N1C(=O)CC1Cc2ccccc2C1=O. The highest BCUT2D eigenvalue weighted by Gasteiger charge is 2.42. The lowest BCUT2D eigenvalue weighted by atomic mass is 9.99. The number of ketones is 1. The summed E-state index contributed by atoms with van der Waals surface area (Å²) in [6, 6.07) is 17.1. The number of ether oxygens (including phenoxy) is 1. The van der Waals surface area contributed by atoms with E-state index in [-0.39, 0.29) is 41.3 Å². The van der Waals surface area contributed by atoms with Crippen molar-refractivity contribution in [1.29, 1.82) is 0 Å². The van der Waals surface area contributed by atoms with Crippen LogP contribution in [-0.4, -0.2) is 27.8 Å². The summed E-state index contributed by atoms with van der Waals surface area (Å²) in [4.78, 5) is 27.0. The van der Waals surface area contributed by atoms with Crippen molar-refractivity contribution in [3.05, 3.63) is 71.3 Å². The maximum atomic E-state index is 12.9. The van der Waals surface area contributed by atoms with Gasteiger partial charge in [-0.2, -0.15) is 0 Å². The van der Waals surface area contributed by atoms with Gasteiger partial charge in [0.15, 0.2) is 5.78 Å². The molecule has 4 nitrogen and oxygen atoms in total. The third-order valence-corrected chi connectivity index (χ3v) is 5.50. The van der Waals surface area contributed by atoms with Gasteiger partial charge >= 0.3 is 0 Å². The molecule has 5 heteroatoms. The zero-order chi connectivity index (χ0) is 18.3. The van der Waals surface area contributed by atoms with E-state index in [1.165, 1.54) is 4.90 Å². The molecule has 132 valence electrons. The van der Waals surface area contributed by atoms with E-state index in [1.807, 2.05) is 61.5 Å². The van der Waals surface area contributed by atoms with Crippen LogP contribution in [0.4, 0.5) is 0 Å². The molecular weight excluding hydrogens is 346 g/mol. The van der Waals surface area contributed by atoms with Crippen LogP contribution in [0.2, 0.25) is 0 Å². The number of hydrogen-bond acceptors (Lipinski definition) is 4. The van der Waals surface area contributed by atoms with Gasteiger partial charge in [0.2, 0.25) is 5.91 Å². The highest BCUT2D eigenvalue weighted by Crippen LogP contribution is 2.35. The summed E-state index contributed by atoms with van der Waals surface area (Å²) in [6.07, 6.45) is 0.491. The van der Waals surface area contributed by atoms with Crippen molar-refractivity contribution in [3.8, 4) is 0 Å². The minimum absolute atomic E-state index is 0.0484. The van der Waals surface area contributed by atoms with Crippen molar-refractivity contribution in [1.82, 2.24) is 4.90 Å². The van der Waals surface area contributed by atoms with Gasteiger partial charge in [-0.15, -0.1) is 0 Å². The van der Waals surface area contributed by atoms with Crippen molar-refractivity contribution in [3.63, 3.8) is 0 Å². The number of thiocarbonyl (C=S) groups is 1. The van der Waals surface area contributed by atoms with E-state index in [0.717, 1.165) is 16.7 Å². The fraction of sp³-hybridized carbons (Fsp3) is 0.286. The van der Waals surface area contributed by atoms with Crippen molar-refractivity contribution >= 4 is 29.1 Å². The standard InChI is InChI=1S/C21H19NO3S/c1-13-20(14-7-3-2-4-8-14)25-21(26)22(13)18(23)12-16-11-15-9-5-6-10-17(15)19(16)24/h2-10,13,16,20H,11-12H2,1H3. The second-order valence-electron chi connectivity index (χ2n) is 6.85. The average Bonchev–Trinajstić information content (AvgIpc) is 3.12. The Bertz CT molecular complexity index is 880. The van der Waals surface area contributed by atoms with E-state index in [0.29, 0.717) is 6.42 Å². The zero-order valence-corrected chi connectivity index (χ0v) is 15.2. The first-order chi connectivity index (χ1) is 12.6. The predicted octanol–water partition coefficient (Wildman–Crippen LogP) is 3.71. The molecule has 0 spiro atoms. The van der Waals surface area contributed by atoms with Gasteiger partial charge in [0.05, 0.1) is 6.04 Å². The summed E-state index contributed by atoms with van der Waals surface area (Å²) in [5.41, 5.74) is 2.74. The van der Waals surface area contributed by atoms with Gasteiger partial charge in [0.25, 0.3) is 5.17 Å². The maximum Gasteiger partial charge on any atom is 0.267 e. The Balaban J connectivity index is 1.49. The molecular formula is C21H19NO3S. The monoisotopic (exact) mass is 365 g/mol. The number of benzene rings is 2. The highest BCUT2D eigenvalue weighted by molar-refractivity contribution is 7.80. The summed E-state index contributed by atoms with van der Waals surface area (Å²) < 4.78 is 5.80. The summed E-state index contributed by atoms with van der Waals surface area (Å²) in [6.45, 7) is 1.93. The Morgan fingerprint density at radius 1 is 1.15 bits per heavy atom. The molecule has 4 rings (SSSR count). The lowest BCUT2D eigenvalue weighted by Crippen LogP contribution is -2.39. The number of Topliss-reactive ketones (excluding diaryl/α,β-unsaturated/α-hetero) is 1. The lowest BCUT2D eigenvalue weighted by Gasteiger charge is -2.21. The van der Waals surface area contributed by atoms with Crippen molar-refractivity contribution in [2.75, 3.05) is 0 Å². The van der Waals surface area contributed by atoms with Crippen LogP contribution >= 0.6 is 12.2 Å². The van der Waals surface area contributed by atoms with Gasteiger partial charge in [0.1, 0.15) is 6.10 Å². The molecule has 1 fully saturated rings. The number of fused-ring (bicyclic) bond motifs is 1. The van der Waals surface area contributed by atoms with Crippen LogP contribution in [0.15, 0.2) is 54.6 Å². The van der Waals surface area contributed by atoms with Gasteiger partial charge in [-0.1, -0.05) is 54.6 Å². The molecule has 26 heavy (non-hydrogen) atoms. The van der Waals surface area contributed by atoms with E-state index in [1.54, 1.807) is 0 Å². The molecule has 0 saturated carbocycles. The molecule has 3 unspecified atom stereocenters. The number of hydrogen-bond donors (Lipinski definition) is 0. The molecule has 2 aliphatic rings. The molecule has 2 aromatic rings. The van der Waals surface area contributed by atoms with Gasteiger partial charge in [-0.05, 0) is 36.7 Å². The van der Waals surface area contributed by atoms with E-state index < -0.39 is 0 Å². The van der Waals surface area contributed by atoms with Crippen LogP contribution in [0.3, 0.4) is 0 Å². The largest absolute Gasteiger partial charge is 0.460 e. The molecule has 0 aromatic heterocycles. The van der Waals surface area contributed by atoms with Crippen LogP contribution in [-0.2, 0) is 16.0 Å².